The first-order valence-corrected chi connectivity index (χ1v) is 6.99. The zero-order valence-electron chi connectivity index (χ0n) is 12.5. The molecule has 5 nitrogen and oxygen atoms in total. The number of aromatic amines is 1. The Morgan fingerprint density at radius 3 is 2.52 bits per heavy atom. The fourth-order valence-electron chi connectivity index (χ4n) is 2.39. The van der Waals surface area contributed by atoms with Gasteiger partial charge in [-0.2, -0.15) is 5.10 Å². The first kappa shape index (κ1) is 13.7. The van der Waals surface area contributed by atoms with Crippen molar-refractivity contribution in [3.8, 4) is 11.3 Å². The Hall–Kier alpha value is -2.27. The Bertz CT molecular complexity index is 771. The van der Waals surface area contributed by atoms with Gasteiger partial charge in [-0.25, -0.2) is 9.97 Å². The predicted octanol–water partition coefficient (Wildman–Crippen LogP) is 2.56. The molecule has 3 aromatic rings. The summed E-state index contributed by atoms with van der Waals surface area (Å²) in [5.74, 6) is 0. The number of aryl methyl sites for hydroxylation is 1. The van der Waals surface area contributed by atoms with Gasteiger partial charge in [0.2, 0.25) is 0 Å². The maximum absolute atomic E-state index is 5.92. The van der Waals surface area contributed by atoms with Crippen molar-refractivity contribution >= 4 is 11.0 Å². The zero-order chi connectivity index (χ0) is 15.0. The van der Waals surface area contributed by atoms with E-state index in [0.717, 1.165) is 22.3 Å². The monoisotopic (exact) mass is 281 g/mol. The largest absolute Gasteiger partial charge is 0.330 e. The third-order valence-electron chi connectivity index (χ3n) is 3.84. The van der Waals surface area contributed by atoms with Crippen molar-refractivity contribution in [2.24, 2.45) is 5.73 Å². The summed E-state index contributed by atoms with van der Waals surface area (Å²) in [4.78, 5) is 8.73. The maximum Gasteiger partial charge on any atom is 0.184 e. The van der Waals surface area contributed by atoms with E-state index < -0.39 is 0 Å². The van der Waals surface area contributed by atoms with Crippen molar-refractivity contribution in [2.45, 2.75) is 26.2 Å². The fourth-order valence-corrected chi connectivity index (χ4v) is 2.39. The molecule has 0 spiro atoms. The van der Waals surface area contributed by atoms with Crippen LogP contribution in [-0.2, 0) is 5.41 Å². The van der Waals surface area contributed by atoms with Crippen LogP contribution in [0.3, 0.4) is 0 Å². The van der Waals surface area contributed by atoms with Gasteiger partial charge in [0.15, 0.2) is 5.65 Å². The smallest absolute Gasteiger partial charge is 0.184 e. The molecule has 0 saturated carbocycles. The number of aromatic nitrogens is 4. The topological polar surface area (TPSA) is 80.5 Å². The molecule has 0 saturated heterocycles. The van der Waals surface area contributed by atoms with Crippen molar-refractivity contribution in [1.29, 1.82) is 0 Å². The van der Waals surface area contributed by atoms with E-state index in [-0.39, 0.29) is 5.41 Å². The molecule has 0 amide bonds. The number of benzene rings is 1. The van der Waals surface area contributed by atoms with Crippen molar-refractivity contribution in [3.63, 3.8) is 0 Å². The van der Waals surface area contributed by atoms with Crippen molar-refractivity contribution in [1.82, 2.24) is 20.2 Å². The summed E-state index contributed by atoms with van der Waals surface area (Å²) < 4.78 is 0. The lowest BCUT2D eigenvalue weighted by molar-refractivity contribution is 0.526. The maximum atomic E-state index is 5.92. The summed E-state index contributed by atoms with van der Waals surface area (Å²) in [6.07, 6.45) is 1.55. The minimum atomic E-state index is -0.232. The van der Waals surface area contributed by atoms with Crippen LogP contribution < -0.4 is 5.73 Å². The fraction of sp³-hybridized carbons (Fsp3) is 0.312. The van der Waals surface area contributed by atoms with Gasteiger partial charge in [0, 0.05) is 17.5 Å². The van der Waals surface area contributed by atoms with E-state index in [1.165, 1.54) is 5.56 Å². The summed E-state index contributed by atoms with van der Waals surface area (Å²) in [6.45, 7) is 6.75. The van der Waals surface area contributed by atoms with Crippen LogP contribution in [-0.4, -0.2) is 26.7 Å². The highest BCUT2D eigenvalue weighted by atomic mass is 15.2. The van der Waals surface area contributed by atoms with Crippen LogP contribution in [0.1, 0.15) is 25.1 Å². The Morgan fingerprint density at radius 2 is 1.86 bits per heavy atom. The molecule has 21 heavy (non-hydrogen) atoms. The van der Waals surface area contributed by atoms with Crippen LogP contribution >= 0.6 is 0 Å². The molecule has 2 aromatic heterocycles. The van der Waals surface area contributed by atoms with Crippen molar-refractivity contribution in [3.05, 3.63) is 41.9 Å². The summed E-state index contributed by atoms with van der Waals surface area (Å²) in [5.41, 5.74) is 10.5. The molecule has 0 fully saturated rings. The molecule has 0 aliphatic carbocycles. The molecule has 3 N–H and O–H groups in total. The number of nitrogens with two attached hydrogens (primary N) is 1. The van der Waals surface area contributed by atoms with Gasteiger partial charge in [-0.3, -0.25) is 5.10 Å². The Balaban J connectivity index is 2.28. The van der Waals surface area contributed by atoms with Crippen LogP contribution in [0, 0.1) is 6.92 Å². The van der Waals surface area contributed by atoms with Crippen LogP contribution in [0.5, 0.6) is 0 Å². The van der Waals surface area contributed by atoms with Gasteiger partial charge in [-0.15, -0.1) is 0 Å². The number of rotatable bonds is 3. The van der Waals surface area contributed by atoms with Gasteiger partial charge in [0.25, 0.3) is 0 Å². The lowest BCUT2D eigenvalue weighted by Crippen LogP contribution is -2.29. The summed E-state index contributed by atoms with van der Waals surface area (Å²) in [5, 5.41) is 8.36. The number of nitrogens with zero attached hydrogens (tertiary/aromatic N) is 3. The second-order valence-electron chi connectivity index (χ2n) is 5.97. The Labute approximate surface area is 123 Å². The number of H-pyrrole nitrogens is 1. The van der Waals surface area contributed by atoms with E-state index >= 15 is 0 Å². The van der Waals surface area contributed by atoms with Crippen molar-refractivity contribution in [2.75, 3.05) is 6.54 Å². The minimum Gasteiger partial charge on any atom is -0.330 e. The second-order valence-corrected chi connectivity index (χ2v) is 5.97. The standard InChI is InChI=1S/C16H19N5/c1-10-4-6-11(7-5-10)13-12-14(16(2,3)8-17)18-9-19-15(12)21-20-13/h4-7,9H,8,17H2,1-3H3,(H,18,19,20,21). The molecule has 0 aliphatic heterocycles. The van der Waals surface area contributed by atoms with E-state index in [4.69, 9.17) is 5.73 Å². The lowest BCUT2D eigenvalue weighted by Gasteiger charge is -2.22. The number of fused-ring (bicyclic) bond motifs is 1. The molecule has 0 bridgehead atoms. The highest BCUT2D eigenvalue weighted by molar-refractivity contribution is 5.93. The molecule has 5 heteroatoms. The summed E-state index contributed by atoms with van der Waals surface area (Å²) >= 11 is 0. The van der Waals surface area contributed by atoms with Gasteiger partial charge in [0.05, 0.1) is 16.8 Å². The molecule has 0 atom stereocenters. The molecular formula is C16H19N5. The molecule has 2 heterocycles. The average molecular weight is 281 g/mol. The summed E-state index contributed by atoms with van der Waals surface area (Å²) in [6, 6.07) is 8.32. The quantitative estimate of drug-likeness (QED) is 0.773. The second kappa shape index (κ2) is 4.93. The first-order chi connectivity index (χ1) is 10.0. The molecule has 0 radical (unpaired) electrons. The number of hydrogen-bond acceptors (Lipinski definition) is 4. The van der Waals surface area contributed by atoms with Gasteiger partial charge in [-0.05, 0) is 6.92 Å². The van der Waals surface area contributed by atoms with E-state index in [2.05, 4.69) is 65.2 Å². The van der Waals surface area contributed by atoms with Crippen LogP contribution in [0.4, 0.5) is 0 Å². The Morgan fingerprint density at radius 1 is 1.14 bits per heavy atom. The van der Waals surface area contributed by atoms with Crippen LogP contribution in [0.15, 0.2) is 30.6 Å². The number of nitrogens with one attached hydrogen (secondary N) is 1. The third-order valence-corrected chi connectivity index (χ3v) is 3.84. The SMILES string of the molecule is Cc1ccc(-c2[nH]nc3ncnc(C(C)(C)CN)c23)cc1. The number of hydrogen-bond donors (Lipinski definition) is 2. The van der Waals surface area contributed by atoms with E-state index in [0.29, 0.717) is 12.2 Å². The van der Waals surface area contributed by atoms with E-state index in [1.54, 1.807) is 6.33 Å². The summed E-state index contributed by atoms with van der Waals surface area (Å²) in [7, 11) is 0. The van der Waals surface area contributed by atoms with Gasteiger partial charge in [-0.1, -0.05) is 43.7 Å². The van der Waals surface area contributed by atoms with Crippen molar-refractivity contribution < 1.29 is 0 Å². The molecular weight excluding hydrogens is 262 g/mol. The molecule has 1 aromatic carbocycles. The zero-order valence-corrected chi connectivity index (χ0v) is 12.5. The normalized spacial score (nSPS) is 12.0. The van der Waals surface area contributed by atoms with Gasteiger partial charge in [0.1, 0.15) is 6.33 Å². The van der Waals surface area contributed by atoms with E-state index in [9.17, 15) is 0 Å². The molecule has 3 rings (SSSR count). The highest BCUT2D eigenvalue weighted by Crippen LogP contribution is 2.32. The van der Waals surface area contributed by atoms with Gasteiger partial charge >= 0.3 is 0 Å². The first-order valence-electron chi connectivity index (χ1n) is 6.99. The van der Waals surface area contributed by atoms with Crippen LogP contribution in [0.25, 0.3) is 22.3 Å². The minimum absolute atomic E-state index is 0.232. The lowest BCUT2D eigenvalue weighted by atomic mass is 9.86. The third kappa shape index (κ3) is 2.29. The Kier molecular flexibility index (Phi) is 3.22. The van der Waals surface area contributed by atoms with Gasteiger partial charge < -0.3 is 5.73 Å². The molecule has 108 valence electrons. The molecule has 0 aliphatic rings. The average Bonchev–Trinajstić information content (AvgIpc) is 2.92. The molecule has 0 unspecified atom stereocenters. The predicted molar refractivity (Wildman–Crippen MR) is 83.9 cm³/mol. The highest BCUT2D eigenvalue weighted by Gasteiger charge is 2.26. The van der Waals surface area contributed by atoms with E-state index in [1.807, 2.05) is 0 Å². The van der Waals surface area contributed by atoms with Crippen LogP contribution in [0.2, 0.25) is 0 Å².